The van der Waals surface area contributed by atoms with Crippen LogP contribution in [0, 0.1) is 0 Å². The number of aromatic carboxylic acids is 1. The minimum atomic E-state index is -0.911. The van der Waals surface area contributed by atoms with Gasteiger partial charge in [-0.1, -0.05) is 54.6 Å². The van der Waals surface area contributed by atoms with Crippen LogP contribution in [0.3, 0.4) is 0 Å². The highest BCUT2D eigenvalue weighted by molar-refractivity contribution is 5.87. The molecule has 0 fully saturated rings. The third-order valence-corrected chi connectivity index (χ3v) is 4.32. The lowest BCUT2D eigenvalue weighted by molar-refractivity contribution is 0.0696. The summed E-state index contributed by atoms with van der Waals surface area (Å²) in [7, 11) is 0. The molecule has 1 atom stereocenters. The minimum absolute atomic E-state index is 0.201. The van der Waals surface area contributed by atoms with Crippen molar-refractivity contribution in [2.45, 2.75) is 18.8 Å². The summed E-state index contributed by atoms with van der Waals surface area (Å²) in [5.41, 5.74) is 3.56. The lowest BCUT2D eigenvalue weighted by Crippen LogP contribution is -2.08. The van der Waals surface area contributed by atoms with E-state index in [0.29, 0.717) is 5.56 Å². The Hall–Kier alpha value is -3.07. The minimum Gasteiger partial charge on any atom is -0.508 e. The summed E-state index contributed by atoms with van der Waals surface area (Å²) in [5, 5.41) is 18.9. The Labute approximate surface area is 147 Å². The Morgan fingerprint density at radius 2 is 1.44 bits per heavy atom. The van der Waals surface area contributed by atoms with E-state index >= 15 is 0 Å². The molecule has 0 saturated heterocycles. The zero-order valence-corrected chi connectivity index (χ0v) is 13.8. The Morgan fingerprint density at radius 3 is 2.08 bits per heavy atom. The van der Waals surface area contributed by atoms with Gasteiger partial charge >= 0.3 is 5.97 Å². The number of phenolic OH excluding ortho intramolecular Hbond substituents is 1. The van der Waals surface area contributed by atoms with Gasteiger partial charge in [-0.25, -0.2) is 4.79 Å². The maximum Gasteiger partial charge on any atom is 0.335 e. The topological polar surface area (TPSA) is 57.5 Å². The van der Waals surface area contributed by atoms with Crippen molar-refractivity contribution in [2.24, 2.45) is 0 Å². The zero-order valence-electron chi connectivity index (χ0n) is 13.8. The third-order valence-electron chi connectivity index (χ3n) is 4.32. The van der Waals surface area contributed by atoms with E-state index in [4.69, 9.17) is 0 Å². The normalized spacial score (nSPS) is 11.8. The van der Waals surface area contributed by atoms with E-state index in [1.807, 2.05) is 36.4 Å². The van der Waals surface area contributed by atoms with Gasteiger partial charge in [0.05, 0.1) is 5.56 Å². The first-order chi connectivity index (χ1) is 12.1. The SMILES string of the molecule is O=C(O)c1cccc(CC(Cc2cccc(O)c2)c2ccccc2)c1. The molecule has 0 spiro atoms. The number of benzene rings is 3. The molecular formula is C22H20O3. The number of hydrogen-bond acceptors (Lipinski definition) is 2. The fraction of sp³-hybridized carbons (Fsp3) is 0.136. The molecule has 126 valence electrons. The van der Waals surface area contributed by atoms with Crippen LogP contribution >= 0.6 is 0 Å². The molecule has 0 bridgehead atoms. The summed E-state index contributed by atoms with van der Waals surface area (Å²) in [5.74, 6) is -0.449. The maximum absolute atomic E-state index is 11.2. The summed E-state index contributed by atoms with van der Waals surface area (Å²) in [6, 6.07) is 24.6. The molecule has 1 unspecified atom stereocenters. The van der Waals surface area contributed by atoms with Crippen LogP contribution in [0.2, 0.25) is 0 Å². The van der Waals surface area contributed by atoms with Crippen molar-refractivity contribution in [1.29, 1.82) is 0 Å². The summed E-state index contributed by atoms with van der Waals surface area (Å²) in [4.78, 5) is 11.2. The van der Waals surface area contributed by atoms with Crippen LogP contribution in [0.5, 0.6) is 5.75 Å². The highest BCUT2D eigenvalue weighted by Gasteiger charge is 2.15. The number of carbonyl (C=O) groups is 1. The van der Waals surface area contributed by atoms with Gasteiger partial charge < -0.3 is 10.2 Å². The van der Waals surface area contributed by atoms with Gasteiger partial charge in [-0.15, -0.1) is 0 Å². The van der Waals surface area contributed by atoms with E-state index in [0.717, 1.165) is 24.0 Å². The quantitative estimate of drug-likeness (QED) is 0.690. The van der Waals surface area contributed by atoms with Crippen LogP contribution in [0.25, 0.3) is 0 Å². The zero-order chi connectivity index (χ0) is 17.6. The van der Waals surface area contributed by atoms with Crippen molar-refractivity contribution >= 4 is 5.97 Å². The fourth-order valence-electron chi connectivity index (χ4n) is 3.12. The lowest BCUT2D eigenvalue weighted by atomic mass is 9.86. The number of hydrogen-bond donors (Lipinski definition) is 2. The summed E-state index contributed by atoms with van der Waals surface area (Å²) in [6.45, 7) is 0. The molecule has 0 aliphatic rings. The van der Waals surface area contributed by atoms with Gasteiger partial charge in [0.1, 0.15) is 5.75 Å². The molecule has 0 heterocycles. The first-order valence-electron chi connectivity index (χ1n) is 8.27. The van der Waals surface area contributed by atoms with Crippen molar-refractivity contribution in [3.05, 3.63) is 101 Å². The number of carboxylic acids is 1. The second-order valence-corrected chi connectivity index (χ2v) is 6.19. The van der Waals surface area contributed by atoms with Gasteiger partial charge in [0, 0.05) is 0 Å². The van der Waals surface area contributed by atoms with Crippen molar-refractivity contribution in [3.63, 3.8) is 0 Å². The van der Waals surface area contributed by atoms with Crippen molar-refractivity contribution < 1.29 is 15.0 Å². The highest BCUT2D eigenvalue weighted by atomic mass is 16.4. The van der Waals surface area contributed by atoms with E-state index in [2.05, 4.69) is 12.1 Å². The van der Waals surface area contributed by atoms with Crippen molar-refractivity contribution in [2.75, 3.05) is 0 Å². The predicted molar refractivity (Wildman–Crippen MR) is 98.1 cm³/mol. The van der Waals surface area contributed by atoms with Crippen LogP contribution < -0.4 is 0 Å². The average Bonchev–Trinajstić information content (AvgIpc) is 2.62. The molecule has 3 aromatic rings. The summed E-state index contributed by atoms with van der Waals surface area (Å²) >= 11 is 0. The first kappa shape index (κ1) is 16.8. The van der Waals surface area contributed by atoms with Gasteiger partial charge in [0.25, 0.3) is 0 Å². The fourth-order valence-corrected chi connectivity index (χ4v) is 3.12. The van der Waals surface area contributed by atoms with Crippen LogP contribution in [-0.2, 0) is 12.8 Å². The first-order valence-corrected chi connectivity index (χ1v) is 8.27. The molecule has 0 saturated carbocycles. The van der Waals surface area contributed by atoms with Gasteiger partial charge in [-0.2, -0.15) is 0 Å². The van der Waals surface area contributed by atoms with Crippen LogP contribution in [-0.4, -0.2) is 16.2 Å². The Morgan fingerprint density at radius 1 is 0.800 bits per heavy atom. The van der Waals surface area contributed by atoms with Gasteiger partial charge in [-0.05, 0) is 59.7 Å². The maximum atomic E-state index is 11.2. The van der Waals surface area contributed by atoms with Gasteiger partial charge in [-0.3, -0.25) is 0 Å². The molecule has 3 aromatic carbocycles. The molecule has 3 heteroatoms. The molecule has 0 aliphatic heterocycles. The standard InChI is InChI=1S/C22H20O3/c23-21-11-5-7-17(15-21)14-20(18-8-2-1-3-9-18)13-16-6-4-10-19(12-16)22(24)25/h1-12,15,20,23H,13-14H2,(H,24,25). The van der Waals surface area contributed by atoms with E-state index in [-0.39, 0.29) is 11.7 Å². The number of rotatable bonds is 6. The molecular weight excluding hydrogens is 312 g/mol. The molecule has 3 rings (SSSR count). The molecule has 0 aliphatic carbocycles. The van der Waals surface area contributed by atoms with Crippen molar-refractivity contribution in [3.8, 4) is 5.75 Å². The molecule has 25 heavy (non-hydrogen) atoms. The van der Waals surface area contributed by atoms with Crippen LogP contribution in [0.15, 0.2) is 78.9 Å². The smallest absolute Gasteiger partial charge is 0.335 e. The molecule has 3 nitrogen and oxygen atoms in total. The van der Waals surface area contributed by atoms with Crippen LogP contribution in [0.1, 0.15) is 33.0 Å². The molecule has 0 aromatic heterocycles. The van der Waals surface area contributed by atoms with E-state index < -0.39 is 5.97 Å². The Balaban J connectivity index is 1.89. The van der Waals surface area contributed by atoms with Crippen LogP contribution in [0.4, 0.5) is 0 Å². The number of carboxylic acid groups (broad SMARTS) is 1. The Bertz CT molecular complexity index is 856. The number of phenols is 1. The molecule has 0 radical (unpaired) electrons. The molecule has 2 N–H and O–H groups in total. The van der Waals surface area contributed by atoms with Gasteiger partial charge in [0.15, 0.2) is 0 Å². The van der Waals surface area contributed by atoms with E-state index in [1.54, 1.807) is 30.3 Å². The van der Waals surface area contributed by atoms with E-state index in [9.17, 15) is 15.0 Å². The summed E-state index contributed by atoms with van der Waals surface area (Å²) in [6.07, 6.45) is 1.51. The lowest BCUT2D eigenvalue weighted by Gasteiger charge is -2.18. The predicted octanol–water partition coefficient (Wildman–Crippen LogP) is 4.66. The number of aromatic hydroxyl groups is 1. The summed E-state index contributed by atoms with van der Waals surface area (Å²) < 4.78 is 0. The average molecular weight is 332 g/mol. The molecule has 0 amide bonds. The van der Waals surface area contributed by atoms with E-state index in [1.165, 1.54) is 5.56 Å². The Kier molecular flexibility index (Phi) is 5.14. The second-order valence-electron chi connectivity index (χ2n) is 6.19. The highest BCUT2D eigenvalue weighted by Crippen LogP contribution is 2.27. The van der Waals surface area contributed by atoms with Crippen molar-refractivity contribution in [1.82, 2.24) is 0 Å². The monoisotopic (exact) mass is 332 g/mol. The third kappa shape index (κ3) is 4.48. The van der Waals surface area contributed by atoms with Gasteiger partial charge in [0.2, 0.25) is 0 Å². The second kappa shape index (κ2) is 7.67. The largest absolute Gasteiger partial charge is 0.508 e.